The highest BCUT2D eigenvalue weighted by atomic mass is 32.1. The summed E-state index contributed by atoms with van der Waals surface area (Å²) in [4.78, 5) is 17.6. The predicted molar refractivity (Wildman–Crippen MR) is 92.6 cm³/mol. The van der Waals surface area contributed by atoms with Crippen molar-refractivity contribution in [3.8, 4) is 6.07 Å². The monoisotopic (exact) mass is 340 g/mol. The minimum Gasteiger partial charge on any atom is -0.354 e. The maximum Gasteiger partial charge on any atom is 0.183 e. The van der Waals surface area contributed by atoms with Crippen LogP contribution in [0.3, 0.4) is 0 Å². The molecule has 2 aromatic heterocycles. The van der Waals surface area contributed by atoms with Crippen molar-refractivity contribution in [2.75, 3.05) is 25.0 Å². The van der Waals surface area contributed by atoms with Crippen molar-refractivity contribution < 1.29 is 0 Å². The molecule has 1 saturated carbocycles. The summed E-state index contributed by atoms with van der Waals surface area (Å²) in [5.41, 5.74) is 0.874. The van der Waals surface area contributed by atoms with Crippen LogP contribution < -0.4 is 4.90 Å². The lowest BCUT2D eigenvalue weighted by molar-refractivity contribution is 0.238. The zero-order valence-corrected chi connectivity index (χ0v) is 14.5. The van der Waals surface area contributed by atoms with Crippen LogP contribution in [0.1, 0.15) is 30.0 Å². The SMILES string of the molecule is CN(Cc1nccs1)[C@H]1CC12CCN(c1nccnc1C#N)CC2. The fraction of sp³-hybridized carbons (Fsp3) is 0.529. The molecule has 0 radical (unpaired) electrons. The zero-order chi connectivity index (χ0) is 16.6. The maximum atomic E-state index is 9.21. The van der Waals surface area contributed by atoms with Gasteiger partial charge in [0.2, 0.25) is 0 Å². The lowest BCUT2D eigenvalue weighted by atomic mass is 9.92. The normalized spacial score (nSPS) is 21.9. The number of anilines is 1. The molecule has 2 fully saturated rings. The van der Waals surface area contributed by atoms with Crippen LogP contribution in [0.5, 0.6) is 0 Å². The van der Waals surface area contributed by atoms with Crippen LogP contribution in [-0.2, 0) is 6.54 Å². The Morgan fingerprint density at radius 2 is 2.08 bits per heavy atom. The van der Waals surface area contributed by atoms with Crippen LogP contribution in [-0.4, -0.2) is 46.0 Å². The molecule has 1 aliphatic heterocycles. The van der Waals surface area contributed by atoms with Crippen LogP contribution >= 0.6 is 11.3 Å². The summed E-state index contributed by atoms with van der Waals surface area (Å²) in [5.74, 6) is 0.739. The number of thiazole rings is 1. The van der Waals surface area contributed by atoms with Gasteiger partial charge >= 0.3 is 0 Å². The van der Waals surface area contributed by atoms with Crippen molar-refractivity contribution in [2.24, 2.45) is 5.41 Å². The molecule has 7 heteroatoms. The second kappa shape index (κ2) is 6.11. The topological polar surface area (TPSA) is 68.9 Å². The van der Waals surface area contributed by atoms with Gasteiger partial charge in [0.1, 0.15) is 11.1 Å². The molecule has 0 aromatic carbocycles. The Bertz CT molecular complexity index is 745. The summed E-state index contributed by atoms with van der Waals surface area (Å²) in [7, 11) is 2.21. The summed E-state index contributed by atoms with van der Waals surface area (Å²) in [6, 6.07) is 2.81. The van der Waals surface area contributed by atoms with E-state index in [0.717, 1.165) is 38.3 Å². The highest BCUT2D eigenvalue weighted by molar-refractivity contribution is 7.09. The first-order valence-electron chi connectivity index (χ1n) is 8.26. The molecule has 4 rings (SSSR count). The number of nitrogens with zero attached hydrogens (tertiary/aromatic N) is 6. The Balaban J connectivity index is 1.38. The van der Waals surface area contributed by atoms with Gasteiger partial charge in [-0.25, -0.2) is 15.0 Å². The number of piperidine rings is 1. The maximum absolute atomic E-state index is 9.21. The van der Waals surface area contributed by atoms with Crippen molar-refractivity contribution in [1.82, 2.24) is 19.9 Å². The quantitative estimate of drug-likeness (QED) is 0.851. The second-order valence-corrected chi connectivity index (χ2v) is 7.73. The molecule has 124 valence electrons. The van der Waals surface area contributed by atoms with Gasteiger partial charge in [-0.2, -0.15) is 5.26 Å². The average Bonchev–Trinajstić information content (AvgIpc) is 3.07. The molecule has 1 spiro atoms. The van der Waals surface area contributed by atoms with Crippen LogP contribution in [0.25, 0.3) is 0 Å². The van der Waals surface area contributed by atoms with E-state index in [1.807, 2.05) is 11.6 Å². The number of rotatable bonds is 4. The fourth-order valence-corrected chi connectivity index (χ4v) is 4.62. The van der Waals surface area contributed by atoms with E-state index in [1.54, 1.807) is 23.7 Å². The molecule has 2 aromatic rings. The first-order chi connectivity index (χ1) is 11.7. The van der Waals surface area contributed by atoms with Gasteiger partial charge in [-0.3, -0.25) is 4.90 Å². The average molecular weight is 340 g/mol. The van der Waals surface area contributed by atoms with E-state index in [4.69, 9.17) is 0 Å². The molecule has 1 aliphatic carbocycles. The van der Waals surface area contributed by atoms with E-state index in [9.17, 15) is 5.26 Å². The molecule has 1 atom stereocenters. The number of hydrogen-bond donors (Lipinski definition) is 0. The third-order valence-corrected chi connectivity index (χ3v) is 6.15. The van der Waals surface area contributed by atoms with Gasteiger partial charge in [0.15, 0.2) is 11.5 Å². The molecule has 2 aliphatic rings. The van der Waals surface area contributed by atoms with Crippen molar-refractivity contribution in [3.63, 3.8) is 0 Å². The van der Waals surface area contributed by atoms with Crippen molar-refractivity contribution >= 4 is 17.2 Å². The Morgan fingerprint density at radius 1 is 1.29 bits per heavy atom. The molecule has 0 unspecified atom stereocenters. The molecule has 0 bridgehead atoms. The van der Waals surface area contributed by atoms with Gasteiger partial charge < -0.3 is 4.90 Å². The first-order valence-corrected chi connectivity index (χ1v) is 9.14. The minimum atomic E-state index is 0.432. The summed E-state index contributed by atoms with van der Waals surface area (Å²) in [5, 5.41) is 12.4. The van der Waals surface area contributed by atoms with Gasteiger partial charge in [0.05, 0.1) is 6.54 Å². The van der Waals surface area contributed by atoms with E-state index >= 15 is 0 Å². The Kier molecular flexibility index (Phi) is 3.94. The van der Waals surface area contributed by atoms with Crippen molar-refractivity contribution in [3.05, 3.63) is 34.7 Å². The number of aromatic nitrogens is 3. The van der Waals surface area contributed by atoms with Crippen molar-refractivity contribution in [2.45, 2.75) is 31.8 Å². The van der Waals surface area contributed by atoms with Gasteiger partial charge in [-0.15, -0.1) is 11.3 Å². The fourth-order valence-electron chi connectivity index (χ4n) is 3.95. The lowest BCUT2D eigenvalue weighted by Gasteiger charge is -2.34. The Labute approximate surface area is 145 Å². The van der Waals surface area contributed by atoms with E-state index in [-0.39, 0.29) is 0 Å². The van der Waals surface area contributed by atoms with E-state index in [1.165, 1.54) is 11.4 Å². The Hall–Kier alpha value is -2.04. The van der Waals surface area contributed by atoms with Crippen LogP contribution in [0, 0.1) is 16.7 Å². The highest BCUT2D eigenvalue weighted by Crippen LogP contribution is 2.56. The Morgan fingerprint density at radius 3 is 2.79 bits per heavy atom. The van der Waals surface area contributed by atoms with Gasteiger partial charge in [-0.1, -0.05) is 0 Å². The predicted octanol–water partition coefficient (Wildman–Crippen LogP) is 2.30. The number of hydrogen-bond acceptors (Lipinski definition) is 7. The lowest BCUT2D eigenvalue weighted by Crippen LogP contribution is -2.38. The zero-order valence-electron chi connectivity index (χ0n) is 13.7. The molecule has 1 saturated heterocycles. The molecule has 0 amide bonds. The molecule has 0 N–H and O–H groups in total. The van der Waals surface area contributed by atoms with Crippen LogP contribution in [0.2, 0.25) is 0 Å². The number of nitriles is 1. The largest absolute Gasteiger partial charge is 0.354 e. The molecule has 24 heavy (non-hydrogen) atoms. The van der Waals surface area contributed by atoms with E-state index < -0.39 is 0 Å². The standard InChI is InChI=1S/C17H20N6S/c1-22(12-15-20-6-9-24-15)14-10-17(14)2-7-23(8-3-17)16-13(11-18)19-4-5-21-16/h4-6,9,14H,2-3,7-8,10,12H2,1H3/t14-/m0/s1. The van der Waals surface area contributed by atoms with Gasteiger partial charge in [0.25, 0.3) is 0 Å². The second-order valence-electron chi connectivity index (χ2n) is 6.75. The van der Waals surface area contributed by atoms with Crippen LogP contribution in [0.15, 0.2) is 24.0 Å². The van der Waals surface area contributed by atoms with Crippen LogP contribution in [0.4, 0.5) is 5.82 Å². The smallest absolute Gasteiger partial charge is 0.183 e. The van der Waals surface area contributed by atoms with Crippen molar-refractivity contribution in [1.29, 1.82) is 5.26 Å². The molecule has 3 heterocycles. The third-order valence-electron chi connectivity index (χ3n) is 5.39. The van der Waals surface area contributed by atoms with Gasteiger partial charge in [0, 0.05) is 43.1 Å². The minimum absolute atomic E-state index is 0.432. The molecular formula is C17H20N6S. The highest BCUT2D eigenvalue weighted by Gasteiger charge is 2.56. The third kappa shape index (κ3) is 2.76. The first kappa shape index (κ1) is 15.5. The summed E-state index contributed by atoms with van der Waals surface area (Å²) < 4.78 is 0. The van der Waals surface area contributed by atoms with Gasteiger partial charge in [-0.05, 0) is 31.7 Å². The summed E-state index contributed by atoms with van der Waals surface area (Å²) in [6.07, 6.45) is 8.71. The van der Waals surface area contributed by atoms with E-state index in [0.29, 0.717) is 17.2 Å². The molecule has 6 nitrogen and oxygen atoms in total. The van der Waals surface area contributed by atoms with E-state index in [2.05, 4.69) is 37.9 Å². The summed E-state index contributed by atoms with van der Waals surface area (Å²) in [6.45, 7) is 2.85. The summed E-state index contributed by atoms with van der Waals surface area (Å²) >= 11 is 1.73. The molecular weight excluding hydrogens is 320 g/mol.